The quantitative estimate of drug-likeness (QED) is 0.813. The van der Waals surface area contributed by atoms with Crippen LogP contribution in [0.15, 0.2) is 0 Å². The van der Waals surface area contributed by atoms with Gasteiger partial charge in [-0.1, -0.05) is 20.8 Å². The summed E-state index contributed by atoms with van der Waals surface area (Å²) in [5.74, 6) is 0.210. The van der Waals surface area contributed by atoms with E-state index in [1.807, 2.05) is 0 Å². The lowest BCUT2D eigenvalue weighted by Crippen LogP contribution is -2.58. The molecule has 0 spiro atoms. The van der Waals surface area contributed by atoms with Crippen LogP contribution in [0.5, 0.6) is 0 Å². The number of piperazine rings is 1. The maximum atomic E-state index is 13.9. The summed E-state index contributed by atoms with van der Waals surface area (Å²) in [5, 5.41) is 3.53. The monoisotopic (exact) mass is 299 g/mol. The number of rotatable bonds is 6. The fourth-order valence-electron chi connectivity index (χ4n) is 4.02. The average Bonchev–Trinajstić information content (AvgIpc) is 2.43. The van der Waals surface area contributed by atoms with Gasteiger partial charge in [-0.2, -0.15) is 0 Å². The Bertz CT molecular complexity index is 323. The van der Waals surface area contributed by atoms with E-state index in [9.17, 15) is 4.39 Å². The molecular weight excluding hydrogens is 265 g/mol. The zero-order valence-corrected chi connectivity index (χ0v) is 14.5. The number of hydrogen-bond acceptors (Lipinski definition) is 3. The molecule has 21 heavy (non-hydrogen) atoms. The molecule has 4 heteroatoms. The van der Waals surface area contributed by atoms with Gasteiger partial charge in [-0.3, -0.25) is 9.80 Å². The molecule has 2 aliphatic rings. The minimum atomic E-state index is -0.599. The molecule has 0 radical (unpaired) electrons. The van der Waals surface area contributed by atoms with Crippen LogP contribution in [0.2, 0.25) is 0 Å². The standard InChI is InChI=1S/C17H34FN3/c1-6-20-7-8-21(11-14(20)5)13(4)9-15-16(18)10-17(15)19-12(2)3/h12-17,19H,6-11H2,1-5H3/t13?,14-,15?,16?,17?/m0/s1. The number of likely N-dealkylation sites (N-methyl/N-ethyl adjacent to an activating group) is 1. The van der Waals surface area contributed by atoms with Crippen LogP contribution in [0.25, 0.3) is 0 Å². The molecule has 3 nitrogen and oxygen atoms in total. The van der Waals surface area contributed by atoms with E-state index in [4.69, 9.17) is 0 Å². The van der Waals surface area contributed by atoms with Crippen molar-refractivity contribution in [1.29, 1.82) is 0 Å². The molecule has 2 fully saturated rings. The lowest BCUT2D eigenvalue weighted by atomic mass is 9.73. The predicted molar refractivity (Wildman–Crippen MR) is 87.4 cm³/mol. The molecule has 1 saturated heterocycles. The van der Waals surface area contributed by atoms with E-state index in [1.54, 1.807) is 0 Å². The Morgan fingerprint density at radius 2 is 1.95 bits per heavy atom. The van der Waals surface area contributed by atoms with Gasteiger partial charge in [-0.05, 0) is 33.2 Å². The molecule has 5 atom stereocenters. The van der Waals surface area contributed by atoms with Crippen molar-refractivity contribution in [3.8, 4) is 0 Å². The Hall–Kier alpha value is -0.190. The molecule has 2 rings (SSSR count). The first-order chi connectivity index (χ1) is 9.92. The summed E-state index contributed by atoms with van der Waals surface area (Å²) in [6, 6.07) is 1.95. The molecular formula is C17H34FN3. The van der Waals surface area contributed by atoms with Gasteiger partial charge in [0, 0.05) is 49.7 Å². The highest BCUT2D eigenvalue weighted by molar-refractivity contribution is 4.97. The van der Waals surface area contributed by atoms with E-state index in [-0.39, 0.29) is 5.92 Å². The van der Waals surface area contributed by atoms with Crippen molar-refractivity contribution in [1.82, 2.24) is 15.1 Å². The van der Waals surface area contributed by atoms with Crippen molar-refractivity contribution in [2.24, 2.45) is 5.92 Å². The number of hydrogen-bond donors (Lipinski definition) is 1. The maximum Gasteiger partial charge on any atom is 0.106 e. The summed E-state index contributed by atoms with van der Waals surface area (Å²) in [6.45, 7) is 15.7. The van der Waals surface area contributed by atoms with Crippen LogP contribution < -0.4 is 5.32 Å². The van der Waals surface area contributed by atoms with E-state index in [1.165, 1.54) is 0 Å². The first-order valence-corrected chi connectivity index (χ1v) is 8.80. The highest BCUT2D eigenvalue weighted by Crippen LogP contribution is 2.36. The third-order valence-corrected chi connectivity index (χ3v) is 5.45. The molecule has 124 valence electrons. The summed E-state index contributed by atoms with van der Waals surface area (Å²) in [6.07, 6.45) is 1.10. The number of alkyl halides is 1. The van der Waals surface area contributed by atoms with Gasteiger partial charge in [0.15, 0.2) is 0 Å². The van der Waals surface area contributed by atoms with Crippen LogP contribution in [0.3, 0.4) is 0 Å². The Morgan fingerprint density at radius 1 is 1.24 bits per heavy atom. The van der Waals surface area contributed by atoms with Crippen molar-refractivity contribution in [3.63, 3.8) is 0 Å². The van der Waals surface area contributed by atoms with E-state index in [0.29, 0.717) is 30.6 Å². The van der Waals surface area contributed by atoms with E-state index >= 15 is 0 Å². The number of halogens is 1. The predicted octanol–water partition coefficient (Wildman–Crippen LogP) is 2.52. The summed E-state index contributed by atoms with van der Waals surface area (Å²) < 4.78 is 13.9. The van der Waals surface area contributed by atoms with Crippen LogP contribution >= 0.6 is 0 Å². The molecule has 0 aromatic rings. The Balaban J connectivity index is 1.82. The van der Waals surface area contributed by atoms with E-state index in [2.05, 4.69) is 49.7 Å². The van der Waals surface area contributed by atoms with Gasteiger partial charge in [0.1, 0.15) is 6.17 Å². The van der Waals surface area contributed by atoms with E-state index in [0.717, 1.165) is 32.6 Å². The Labute approximate surface area is 130 Å². The molecule has 1 aliphatic heterocycles. The molecule has 1 N–H and O–H groups in total. The molecule has 0 aromatic carbocycles. The van der Waals surface area contributed by atoms with Gasteiger partial charge in [-0.25, -0.2) is 4.39 Å². The molecule has 1 saturated carbocycles. The van der Waals surface area contributed by atoms with Crippen molar-refractivity contribution in [2.75, 3.05) is 26.2 Å². The molecule has 0 aromatic heterocycles. The zero-order chi connectivity index (χ0) is 15.6. The second-order valence-corrected chi connectivity index (χ2v) is 7.40. The largest absolute Gasteiger partial charge is 0.311 e. The Morgan fingerprint density at radius 3 is 2.48 bits per heavy atom. The minimum Gasteiger partial charge on any atom is -0.311 e. The topological polar surface area (TPSA) is 18.5 Å². The second-order valence-electron chi connectivity index (χ2n) is 7.40. The third-order valence-electron chi connectivity index (χ3n) is 5.45. The molecule has 1 aliphatic carbocycles. The SMILES string of the molecule is CCN1CCN(C(C)CC2C(F)CC2NC(C)C)C[C@@H]1C. The van der Waals surface area contributed by atoms with Crippen LogP contribution in [-0.2, 0) is 0 Å². The van der Waals surface area contributed by atoms with E-state index < -0.39 is 6.17 Å². The smallest absolute Gasteiger partial charge is 0.106 e. The number of nitrogens with one attached hydrogen (secondary N) is 1. The van der Waals surface area contributed by atoms with Gasteiger partial charge in [0.05, 0.1) is 0 Å². The van der Waals surface area contributed by atoms with Crippen LogP contribution in [0, 0.1) is 5.92 Å². The van der Waals surface area contributed by atoms with Crippen molar-refractivity contribution in [2.45, 2.75) is 77.8 Å². The lowest BCUT2D eigenvalue weighted by molar-refractivity contribution is 0.00962. The highest BCUT2D eigenvalue weighted by atomic mass is 19.1. The first-order valence-electron chi connectivity index (χ1n) is 8.80. The summed E-state index contributed by atoms with van der Waals surface area (Å²) in [7, 11) is 0. The molecule has 0 amide bonds. The molecule has 4 unspecified atom stereocenters. The second kappa shape index (κ2) is 7.38. The summed E-state index contributed by atoms with van der Waals surface area (Å²) in [4.78, 5) is 5.10. The summed E-state index contributed by atoms with van der Waals surface area (Å²) >= 11 is 0. The maximum absolute atomic E-state index is 13.9. The van der Waals surface area contributed by atoms with Gasteiger partial charge in [-0.15, -0.1) is 0 Å². The average molecular weight is 299 g/mol. The fourth-order valence-corrected chi connectivity index (χ4v) is 4.02. The van der Waals surface area contributed by atoms with Gasteiger partial charge < -0.3 is 5.32 Å². The van der Waals surface area contributed by atoms with Crippen LogP contribution in [-0.4, -0.2) is 66.3 Å². The highest BCUT2D eigenvalue weighted by Gasteiger charge is 2.42. The molecule has 1 heterocycles. The number of nitrogens with zero attached hydrogens (tertiary/aromatic N) is 2. The molecule has 0 bridgehead atoms. The summed E-state index contributed by atoms with van der Waals surface area (Å²) in [5.41, 5.74) is 0. The van der Waals surface area contributed by atoms with Crippen molar-refractivity contribution in [3.05, 3.63) is 0 Å². The van der Waals surface area contributed by atoms with Gasteiger partial charge in [0.2, 0.25) is 0 Å². The first kappa shape index (κ1) is 17.2. The van der Waals surface area contributed by atoms with Gasteiger partial charge >= 0.3 is 0 Å². The third kappa shape index (κ3) is 4.17. The van der Waals surface area contributed by atoms with Gasteiger partial charge in [0.25, 0.3) is 0 Å². The zero-order valence-electron chi connectivity index (χ0n) is 14.5. The fraction of sp³-hybridized carbons (Fsp3) is 1.00. The van der Waals surface area contributed by atoms with Crippen molar-refractivity contribution >= 4 is 0 Å². The van der Waals surface area contributed by atoms with Crippen LogP contribution in [0.1, 0.15) is 47.5 Å². The van der Waals surface area contributed by atoms with Crippen molar-refractivity contribution < 1.29 is 4.39 Å². The minimum absolute atomic E-state index is 0.210. The lowest BCUT2D eigenvalue weighted by Gasteiger charge is -2.47. The van der Waals surface area contributed by atoms with Crippen LogP contribution in [0.4, 0.5) is 4.39 Å². The normalized spacial score (nSPS) is 36.7. The Kier molecular flexibility index (Phi) is 6.04.